The zero-order valence-electron chi connectivity index (χ0n) is 13.1. The second-order valence-electron chi connectivity index (χ2n) is 6.25. The normalized spacial score (nSPS) is 21.9. The van der Waals surface area contributed by atoms with E-state index in [9.17, 15) is 14.4 Å². The van der Waals surface area contributed by atoms with Crippen LogP contribution in [0.3, 0.4) is 0 Å². The van der Waals surface area contributed by atoms with Gasteiger partial charge in [0.1, 0.15) is 6.04 Å². The minimum Gasteiger partial charge on any atom is -0.352 e. The monoisotopic (exact) mass is 315 g/mol. The molecule has 2 atom stereocenters. The van der Waals surface area contributed by atoms with Crippen LogP contribution in [0.4, 0.5) is 5.69 Å². The second-order valence-corrected chi connectivity index (χ2v) is 6.25. The van der Waals surface area contributed by atoms with E-state index in [4.69, 9.17) is 0 Å². The molecular formula is C17H21N3O3. The Bertz CT molecular complexity index is 613. The SMILES string of the molecule is C[C@@H](NC(=O)[C@H]1CC(=O)N(c2ccccc2)C1)C(=O)NC1CC1. The van der Waals surface area contributed by atoms with E-state index < -0.39 is 12.0 Å². The van der Waals surface area contributed by atoms with Crippen molar-refractivity contribution in [2.45, 2.75) is 38.3 Å². The molecule has 1 aromatic rings. The summed E-state index contributed by atoms with van der Waals surface area (Å²) in [5.41, 5.74) is 0.798. The number of carbonyl (C=O) groups excluding carboxylic acids is 3. The number of benzene rings is 1. The summed E-state index contributed by atoms with van der Waals surface area (Å²) in [6, 6.07) is 9.00. The number of carbonyl (C=O) groups is 3. The molecule has 23 heavy (non-hydrogen) atoms. The average molecular weight is 315 g/mol. The Morgan fingerprint density at radius 3 is 2.57 bits per heavy atom. The maximum absolute atomic E-state index is 12.3. The first-order valence-electron chi connectivity index (χ1n) is 8.01. The van der Waals surface area contributed by atoms with Crippen LogP contribution in [0.1, 0.15) is 26.2 Å². The number of nitrogens with zero attached hydrogens (tertiary/aromatic N) is 1. The van der Waals surface area contributed by atoms with Gasteiger partial charge < -0.3 is 15.5 Å². The van der Waals surface area contributed by atoms with Crippen molar-refractivity contribution >= 4 is 23.4 Å². The zero-order valence-corrected chi connectivity index (χ0v) is 13.1. The van der Waals surface area contributed by atoms with Crippen LogP contribution in [0.2, 0.25) is 0 Å². The predicted octanol–water partition coefficient (Wildman–Crippen LogP) is 0.823. The van der Waals surface area contributed by atoms with Gasteiger partial charge in [-0.2, -0.15) is 0 Å². The standard InChI is InChI=1S/C17H21N3O3/c1-11(16(22)19-13-7-8-13)18-17(23)12-9-15(21)20(10-12)14-5-3-2-4-6-14/h2-6,11-13H,7-10H2,1H3,(H,18,23)(H,19,22)/t11-,12+/m1/s1. The van der Waals surface area contributed by atoms with Crippen molar-refractivity contribution in [3.05, 3.63) is 30.3 Å². The molecule has 1 saturated heterocycles. The molecule has 1 aliphatic carbocycles. The lowest BCUT2D eigenvalue weighted by atomic mass is 10.1. The summed E-state index contributed by atoms with van der Waals surface area (Å²) in [5.74, 6) is -0.884. The molecular weight excluding hydrogens is 294 g/mol. The van der Waals surface area contributed by atoms with Gasteiger partial charge >= 0.3 is 0 Å². The predicted molar refractivity (Wildman–Crippen MR) is 85.7 cm³/mol. The van der Waals surface area contributed by atoms with E-state index in [2.05, 4.69) is 10.6 Å². The average Bonchev–Trinajstić information content (AvgIpc) is 3.27. The first-order chi connectivity index (χ1) is 11.0. The van der Waals surface area contributed by atoms with Crippen molar-refractivity contribution in [3.8, 4) is 0 Å². The molecule has 6 heteroatoms. The molecule has 0 radical (unpaired) electrons. The van der Waals surface area contributed by atoms with E-state index >= 15 is 0 Å². The van der Waals surface area contributed by atoms with E-state index in [1.165, 1.54) is 0 Å². The van der Waals surface area contributed by atoms with E-state index in [1.807, 2.05) is 30.3 Å². The highest BCUT2D eigenvalue weighted by molar-refractivity contribution is 6.01. The van der Waals surface area contributed by atoms with Crippen molar-refractivity contribution in [2.75, 3.05) is 11.4 Å². The molecule has 1 aliphatic heterocycles. The first kappa shape index (κ1) is 15.5. The molecule has 2 aliphatic rings. The van der Waals surface area contributed by atoms with Gasteiger partial charge in [-0.3, -0.25) is 14.4 Å². The molecule has 0 bridgehead atoms. The van der Waals surface area contributed by atoms with E-state index in [0.29, 0.717) is 6.54 Å². The molecule has 2 fully saturated rings. The molecule has 3 amide bonds. The molecule has 122 valence electrons. The molecule has 2 N–H and O–H groups in total. The van der Waals surface area contributed by atoms with Gasteiger partial charge in [-0.05, 0) is 31.9 Å². The molecule has 0 aromatic heterocycles. The van der Waals surface area contributed by atoms with Crippen LogP contribution in [-0.2, 0) is 14.4 Å². The van der Waals surface area contributed by atoms with Crippen molar-refractivity contribution in [1.29, 1.82) is 0 Å². The molecule has 1 aromatic carbocycles. The van der Waals surface area contributed by atoms with Gasteiger partial charge in [-0.15, -0.1) is 0 Å². The molecule has 1 saturated carbocycles. The minimum absolute atomic E-state index is 0.0635. The molecule has 6 nitrogen and oxygen atoms in total. The van der Waals surface area contributed by atoms with E-state index in [1.54, 1.807) is 11.8 Å². The van der Waals surface area contributed by atoms with Crippen LogP contribution in [0, 0.1) is 5.92 Å². The van der Waals surface area contributed by atoms with Crippen LogP contribution < -0.4 is 15.5 Å². The summed E-state index contributed by atoms with van der Waals surface area (Å²) in [6.45, 7) is 2.02. The number of anilines is 1. The van der Waals surface area contributed by atoms with Gasteiger partial charge in [0, 0.05) is 24.7 Å². The zero-order chi connectivity index (χ0) is 16.4. The molecule has 1 heterocycles. The van der Waals surface area contributed by atoms with Crippen LogP contribution >= 0.6 is 0 Å². The Hall–Kier alpha value is -2.37. The van der Waals surface area contributed by atoms with Gasteiger partial charge in [-0.25, -0.2) is 0 Å². The number of hydrogen-bond donors (Lipinski definition) is 2. The lowest BCUT2D eigenvalue weighted by molar-refractivity contribution is -0.131. The highest BCUT2D eigenvalue weighted by Crippen LogP contribution is 2.25. The first-order valence-corrected chi connectivity index (χ1v) is 8.01. The number of amides is 3. The summed E-state index contributed by atoms with van der Waals surface area (Å²) in [5, 5.41) is 5.58. The summed E-state index contributed by atoms with van der Waals surface area (Å²) in [7, 11) is 0. The minimum atomic E-state index is -0.580. The van der Waals surface area contributed by atoms with Crippen molar-refractivity contribution < 1.29 is 14.4 Å². The number of hydrogen-bond acceptors (Lipinski definition) is 3. The largest absolute Gasteiger partial charge is 0.352 e. The fraction of sp³-hybridized carbons (Fsp3) is 0.471. The van der Waals surface area contributed by atoms with Crippen molar-refractivity contribution in [1.82, 2.24) is 10.6 Å². The fourth-order valence-electron chi connectivity index (χ4n) is 2.69. The Morgan fingerprint density at radius 1 is 1.22 bits per heavy atom. The Morgan fingerprint density at radius 2 is 1.91 bits per heavy atom. The lowest BCUT2D eigenvalue weighted by Gasteiger charge is -2.18. The van der Waals surface area contributed by atoms with Gasteiger partial charge in [0.25, 0.3) is 0 Å². The third-order valence-electron chi connectivity index (χ3n) is 4.24. The third kappa shape index (κ3) is 3.70. The number of nitrogens with one attached hydrogen (secondary N) is 2. The Kier molecular flexibility index (Phi) is 4.32. The second kappa shape index (κ2) is 6.40. The topological polar surface area (TPSA) is 78.5 Å². The Balaban J connectivity index is 1.56. The van der Waals surface area contributed by atoms with Crippen LogP contribution in [0.25, 0.3) is 0 Å². The van der Waals surface area contributed by atoms with Crippen LogP contribution in [0.5, 0.6) is 0 Å². The van der Waals surface area contributed by atoms with Gasteiger partial charge in [0.05, 0.1) is 5.92 Å². The quantitative estimate of drug-likeness (QED) is 0.844. The summed E-state index contributed by atoms with van der Waals surface area (Å²) in [4.78, 5) is 38.0. The van der Waals surface area contributed by atoms with Gasteiger partial charge in [-0.1, -0.05) is 18.2 Å². The summed E-state index contributed by atoms with van der Waals surface area (Å²) in [6.07, 6.45) is 2.20. The third-order valence-corrected chi connectivity index (χ3v) is 4.24. The molecule has 3 rings (SSSR count). The van der Waals surface area contributed by atoms with Crippen molar-refractivity contribution in [2.24, 2.45) is 5.92 Å². The molecule has 0 spiro atoms. The highest BCUT2D eigenvalue weighted by Gasteiger charge is 2.36. The van der Waals surface area contributed by atoms with Crippen LogP contribution in [0.15, 0.2) is 30.3 Å². The van der Waals surface area contributed by atoms with E-state index in [0.717, 1.165) is 18.5 Å². The highest BCUT2D eigenvalue weighted by atomic mass is 16.2. The van der Waals surface area contributed by atoms with Gasteiger partial charge in [0.15, 0.2) is 0 Å². The summed E-state index contributed by atoms with van der Waals surface area (Å²) >= 11 is 0. The summed E-state index contributed by atoms with van der Waals surface area (Å²) < 4.78 is 0. The van der Waals surface area contributed by atoms with Crippen molar-refractivity contribution in [3.63, 3.8) is 0 Å². The fourth-order valence-corrected chi connectivity index (χ4v) is 2.69. The molecule has 0 unspecified atom stereocenters. The smallest absolute Gasteiger partial charge is 0.242 e. The van der Waals surface area contributed by atoms with E-state index in [-0.39, 0.29) is 30.2 Å². The number of rotatable bonds is 5. The maximum atomic E-state index is 12.3. The van der Waals surface area contributed by atoms with Gasteiger partial charge in [0.2, 0.25) is 17.7 Å². The maximum Gasteiger partial charge on any atom is 0.242 e. The number of para-hydroxylation sites is 1. The van der Waals surface area contributed by atoms with Crippen LogP contribution in [-0.4, -0.2) is 36.3 Å². The lowest BCUT2D eigenvalue weighted by Crippen LogP contribution is -2.47. The Labute approximate surface area is 135 Å².